The zero-order valence-corrected chi connectivity index (χ0v) is 18.1. The number of ether oxygens (including phenoxy) is 1. The maximum Gasteiger partial charge on any atom is 0.266 e. The molecule has 1 aromatic carbocycles. The van der Waals surface area contributed by atoms with Gasteiger partial charge in [-0.05, 0) is 61.9 Å². The van der Waals surface area contributed by atoms with E-state index < -0.39 is 0 Å². The minimum absolute atomic E-state index is 0.0635. The van der Waals surface area contributed by atoms with E-state index >= 15 is 0 Å². The summed E-state index contributed by atoms with van der Waals surface area (Å²) in [6.45, 7) is 5.36. The molecule has 1 fully saturated rings. The van der Waals surface area contributed by atoms with Gasteiger partial charge in [-0.2, -0.15) is 5.26 Å². The molecule has 0 unspecified atom stereocenters. The second-order valence-corrected chi connectivity index (χ2v) is 8.29. The van der Waals surface area contributed by atoms with Crippen molar-refractivity contribution >= 4 is 17.5 Å². The fourth-order valence-electron chi connectivity index (χ4n) is 4.16. The highest BCUT2D eigenvalue weighted by atomic mass is 35.5. The monoisotopic (exact) mass is 427 g/mol. The SMILES string of the molecule is Cc1[nH]c(=O)c(C#N)c(C)c1CCC(=O)NCC1(c2cccc(Cl)c2)CCOCC1. The Kier molecular flexibility index (Phi) is 6.96. The van der Waals surface area contributed by atoms with Gasteiger partial charge in [0.15, 0.2) is 0 Å². The number of halogens is 1. The number of carbonyl (C=O) groups excluding carboxylic acids is 1. The maximum absolute atomic E-state index is 12.6. The zero-order valence-electron chi connectivity index (χ0n) is 17.3. The summed E-state index contributed by atoms with van der Waals surface area (Å²) in [5.74, 6) is -0.0635. The Hall–Kier alpha value is -2.62. The van der Waals surface area contributed by atoms with Crippen LogP contribution in [0.5, 0.6) is 0 Å². The van der Waals surface area contributed by atoms with Gasteiger partial charge in [-0.25, -0.2) is 0 Å². The molecule has 3 rings (SSSR count). The Morgan fingerprint density at radius 1 is 1.33 bits per heavy atom. The molecule has 0 bridgehead atoms. The second kappa shape index (κ2) is 9.46. The molecular formula is C23H26ClN3O3. The number of benzene rings is 1. The fraction of sp³-hybridized carbons (Fsp3) is 0.435. The van der Waals surface area contributed by atoms with Crippen LogP contribution in [0.15, 0.2) is 29.1 Å². The first-order valence-electron chi connectivity index (χ1n) is 10.1. The lowest BCUT2D eigenvalue weighted by molar-refractivity contribution is -0.121. The quantitative estimate of drug-likeness (QED) is 0.739. The maximum atomic E-state index is 12.6. The van der Waals surface area contributed by atoms with Crippen molar-refractivity contribution in [2.24, 2.45) is 0 Å². The first-order valence-corrected chi connectivity index (χ1v) is 10.5. The highest BCUT2D eigenvalue weighted by Gasteiger charge is 2.35. The molecule has 6 nitrogen and oxygen atoms in total. The van der Waals surface area contributed by atoms with E-state index in [1.54, 1.807) is 13.8 Å². The van der Waals surface area contributed by atoms with Crippen molar-refractivity contribution in [2.45, 2.75) is 44.9 Å². The fourth-order valence-corrected chi connectivity index (χ4v) is 4.35. The van der Waals surface area contributed by atoms with Crippen molar-refractivity contribution in [1.29, 1.82) is 5.26 Å². The van der Waals surface area contributed by atoms with Crippen LogP contribution >= 0.6 is 11.6 Å². The average Bonchev–Trinajstić information content (AvgIpc) is 2.73. The number of carbonyl (C=O) groups is 1. The van der Waals surface area contributed by atoms with Crippen LogP contribution in [-0.2, 0) is 21.4 Å². The third-order valence-corrected chi connectivity index (χ3v) is 6.27. The Morgan fingerprint density at radius 2 is 2.07 bits per heavy atom. The molecule has 2 N–H and O–H groups in total. The third-order valence-electron chi connectivity index (χ3n) is 6.03. The molecular weight excluding hydrogens is 402 g/mol. The minimum Gasteiger partial charge on any atom is -0.381 e. The van der Waals surface area contributed by atoms with E-state index in [9.17, 15) is 14.9 Å². The van der Waals surface area contributed by atoms with Gasteiger partial charge in [-0.3, -0.25) is 9.59 Å². The number of nitrogens with zero attached hydrogens (tertiary/aromatic N) is 1. The lowest BCUT2D eigenvalue weighted by atomic mass is 9.74. The largest absolute Gasteiger partial charge is 0.381 e. The summed E-state index contributed by atoms with van der Waals surface area (Å²) >= 11 is 6.21. The minimum atomic E-state index is -0.385. The van der Waals surface area contributed by atoms with E-state index in [0.29, 0.717) is 42.5 Å². The summed E-state index contributed by atoms with van der Waals surface area (Å²) in [4.78, 5) is 27.2. The van der Waals surface area contributed by atoms with Crippen molar-refractivity contribution in [3.63, 3.8) is 0 Å². The summed E-state index contributed by atoms with van der Waals surface area (Å²) < 4.78 is 5.55. The number of aromatic amines is 1. The van der Waals surface area contributed by atoms with E-state index in [4.69, 9.17) is 16.3 Å². The summed E-state index contributed by atoms with van der Waals surface area (Å²) in [6.07, 6.45) is 2.37. The topological polar surface area (TPSA) is 95.0 Å². The summed E-state index contributed by atoms with van der Waals surface area (Å²) in [5, 5.41) is 13.0. The van der Waals surface area contributed by atoms with Crippen LogP contribution in [0.25, 0.3) is 0 Å². The Bertz CT molecular complexity index is 1030. The number of pyridine rings is 1. The predicted octanol–water partition coefficient (Wildman–Crippen LogP) is 3.31. The van der Waals surface area contributed by atoms with Gasteiger partial charge in [0.2, 0.25) is 5.91 Å². The van der Waals surface area contributed by atoms with Crippen molar-refractivity contribution < 1.29 is 9.53 Å². The standard InChI is InChI=1S/C23H26ClN3O3/c1-15-19(16(2)27-22(29)20(15)13-25)6-7-21(28)26-14-23(8-10-30-11-9-23)17-4-3-5-18(24)12-17/h3-5,12H,6-11,14H2,1-2H3,(H,26,28)(H,27,29). The van der Waals surface area contributed by atoms with Gasteiger partial charge in [0.05, 0.1) is 0 Å². The molecule has 1 amide bonds. The van der Waals surface area contributed by atoms with E-state index in [0.717, 1.165) is 24.0 Å². The van der Waals surface area contributed by atoms with E-state index in [1.165, 1.54) is 0 Å². The molecule has 0 radical (unpaired) electrons. The number of nitrogens with one attached hydrogen (secondary N) is 2. The van der Waals surface area contributed by atoms with Crippen LogP contribution in [0, 0.1) is 25.2 Å². The molecule has 1 aromatic heterocycles. The molecule has 0 aliphatic carbocycles. The molecule has 1 saturated heterocycles. The predicted molar refractivity (Wildman–Crippen MR) is 116 cm³/mol. The average molecular weight is 428 g/mol. The van der Waals surface area contributed by atoms with Crippen molar-refractivity contribution in [3.8, 4) is 6.07 Å². The molecule has 30 heavy (non-hydrogen) atoms. The van der Waals surface area contributed by atoms with Crippen LogP contribution in [0.3, 0.4) is 0 Å². The van der Waals surface area contributed by atoms with E-state index in [2.05, 4.69) is 16.4 Å². The first kappa shape index (κ1) is 22.1. The molecule has 2 aromatic rings. The van der Waals surface area contributed by atoms with Crippen molar-refractivity contribution in [2.75, 3.05) is 19.8 Å². The molecule has 0 saturated carbocycles. The number of hydrogen-bond donors (Lipinski definition) is 2. The van der Waals surface area contributed by atoms with Gasteiger partial charge in [-0.15, -0.1) is 0 Å². The molecule has 0 atom stereocenters. The van der Waals surface area contributed by atoms with Crippen molar-refractivity contribution in [1.82, 2.24) is 10.3 Å². The third kappa shape index (κ3) is 4.75. The second-order valence-electron chi connectivity index (χ2n) is 7.85. The van der Waals surface area contributed by atoms with Gasteiger partial charge < -0.3 is 15.0 Å². The van der Waals surface area contributed by atoms with E-state index in [1.807, 2.05) is 24.3 Å². The summed E-state index contributed by atoms with van der Waals surface area (Å²) in [6, 6.07) is 9.75. The Balaban J connectivity index is 1.69. The molecule has 1 aliphatic rings. The number of nitriles is 1. The van der Waals surface area contributed by atoms with Gasteiger partial charge in [0.1, 0.15) is 11.6 Å². The Labute approximate surface area is 181 Å². The van der Waals surface area contributed by atoms with Crippen molar-refractivity contribution in [3.05, 3.63) is 67.6 Å². The first-order chi connectivity index (χ1) is 14.4. The number of aromatic nitrogens is 1. The highest BCUT2D eigenvalue weighted by Crippen LogP contribution is 2.35. The van der Waals surface area contributed by atoms with Gasteiger partial charge in [0, 0.05) is 42.3 Å². The van der Waals surface area contributed by atoms with Gasteiger partial charge in [-0.1, -0.05) is 23.7 Å². The van der Waals surface area contributed by atoms with Crippen LogP contribution in [-0.4, -0.2) is 30.6 Å². The molecule has 2 heterocycles. The van der Waals surface area contributed by atoms with Crippen LogP contribution in [0.4, 0.5) is 0 Å². The lowest BCUT2D eigenvalue weighted by Gasteiger charge is -2.38. The highest BCUT2D eigenvalue weighted by molar-refractivity contribution is 6.30. The zero-order chi connectivity index (χ0) is 21.7. The molecule has 7 heteroatoms. The summed E-state index contributed by atoms with van der Waals surface area (Å²) in [7, 11) is 0. The van der Waals surface area contributed by atoms with Gasteiger partial charge in [0.25, 0.3) is 5.56 Å². The number of rotatable bonds is 6. The molecule has 158 valence electrons. The lowest BCUT2D eigenvalue weighted by Crippen LogP contribution is -2.44. The Morgan fingerprint density at radius 3 is 2.73 bits per heavy atom. The number of hydrogen-bond acceptors (Lipinski definition) is 4. The smallest absolute Gasteiger partial charge is 0.266 e. The number of amides is 1. The van der Waals surface area contributed by atoms with Crippen LogP contribution < -0.4 is 10.9 Å². The van der Waals surface area contributed by atoms with Crippen LogP contribution in [0.2, 0.25) is 5.02 Å². The van der Waals surface area contributed by atoms with Crippen LogP contribution in [0.1, 0.15) is 47.2 Å². The number of H-pyrrole nitrogens is 1. The molecule has 0 spiro atoms. The molecule has 1 aliphatic heterocycles. The van der Waals surface area contributed by atoms with Gasteiger partial charge >= 0.3 is 0 Å². The number of aryl methyl sites for hydroxylation is 1. The van der Waals surface area contributed by atoms with E-state index in [-0.39, 0.29) is 28.9 Å². The normalized spacial score (nSPS) is 15.4. The summed E-state index contributed by atoms with van der Waals surface area (Å²) in [5.41, 5.74) is 2.83.